The molecule has 6 nitrogen and oxygen atoms in total. The van der Waals surface area contributed by atoms with Crippen LogP contribution in [-0.2, 0) is 4.74 Å². The van der Waals surface area contributed by atoms with Crippen molar-refractivity contribution < 1.29 is 13.5 Å². The summed E-state index contributed by atoms with van der Waals surface area (Å²) in [6.07, 6.45) is 1.71. The smallest absolute Gasteiger partial charge is 0.166 e. The summed E-state index contributed by atoms with van der Waals surface area (Å²) in [5.41, 5.74) is 6.75. The summed E-state index contributed by atoms with van der Waals surface area (Å²) in [7, 11) is 0. The van der Waals surface area contributed by atoms with Crippen LogP contribution in [0, 0.1) is 11.6 Å². The van der Waals surface area contributed by atoms with Gasteiger partial charge in [0.05, 0.1) is 11.4 Å². The molecule has 0 saturated carbocycles. The SMILES string of the molecule is Nc1ccc2c(NC3CCOC3c3ccc(F)c(F)c3)ncnc2n1. The van der Waals surface area contributed by atoms with E-state index in [4.69, 9.17) is 10.5 Å². The van der Waals surface area contributed by atoms with Gasteiger partial charge in [0.1, 0.15) is 24.1 Å². The van der Waals surface area contributed by atoms with Crippen LogP contribution >= 0.6 is 0 Å². The van der Waals surface area contributed by atoms with Gasteiger partial charge in [0, 0.05) is 6.61 Å². The Morgan fingerprint density at radius 3 is 2.84 bits per heavy atom. The number of pyridine rings is 1. The number of halogens is 2. The van der Waals surface area contributed by atoms with Crippen LogP contribution in [0.3, 0.4) is 0 Å². The molecule has 1 saturated heterocycles. The molecule has 3 heterocycles. The molecule has 1 aromatic carbocycles. The van der Waals surface area contributed by atoms with Crippen molar-refractivity contribution in [3.05, 3.63) is 53.9 Å². The number of aromatic nitrogens is 3. The van der Waals surface area contributed by atoms with Gasteiger partial charge in [-0.25, -0.2) is 23.7 Å². The number of nitrogens with zero attached hydrogens (tertiary/aromatic N) is 3. The van der Waals surface area contributed by atoms with E-state index in [2.05, 4.69) is 20.3 Å². The van der Waals surface area contributed by atoms with Crippen LogP contribution in [0.5, 0.6) is 0 Å². The summed E-state index contributed by atoms with van der Waals surface area (Å²) in [5, 5.41) is 4.04. The number of benzene rings is 1. The molecule has 0 radical (unpaired) electrons. The molecule has 8 heteroatoms. The van der Waals surface area contributed by atoms with Crippen molar-refractivity contribution in [2.24, 2.45) is 0 Å². The van der Waals surface area contributed by atoms with Crippen molar-refractivity contribution in [1.29, 1.82) is 0 Å². The van der Waals surface area contributed by atoms with Gasteiger partial charge in [-0.05, 0) is 36.2 Å². The van der Waals surface area contributed by atoms with Crippen LogP contribution < -0.4 is 11.1 Å². The molecule has 1 aliphatic rings. The predicted molar refractivity (Wildman–Crippen MR) is 88.8 cm³/mol. The monoisotopic (exact) mass is 343 g/mol. The van der Waals surface area contributed by atoms with E-state index < -0.39 is 17.7 Å². The first-order valence-corrected chi connectivity index (χ1v) is 7.82. The normalized spacial score (nSPS) is 20.1. The van der Waals surface area contributed by atoms with Crippen molar-refractivity contribution in [2.75, 3.05) is 17.7 Å². The molecule has 0 aliphatic carbocycles. The number of hydrogen-bond donors (Lipinski definition) is 2. The minimum Gasteiger partial charge on any atom is -0.384 e. The van der Waals surface area contributed by atoms with Crippen LogP contribution in [0.15, 0.2) is 36.7 Å². The summed E-state index contributed by atoms with van der Waals surface area (Å²) in [6, 6.07) is 7.14. The molecule has 2 unspecified atom stereocenters. The lowest BCUT2D eigenvalue weighted by Gasteiger charge is -2.21. The summed E-state index contributed by atoms with van der Waals surface area (Å²) in [5.74, 6) is -0.794. The number of fused-ring (bicyclic) bond motifs is 1. The van der Waals surface area contributed by atoms with Crippen molar-refractivity contribution in [2.45, 2.75) is 18.6 Å². The highest BCUT2D eigenvalue weighted by molar-refractivity contribution is 5.87. The lowest BCUT2D eigenvalue weighted by atomic mass is 10.0. The highest BCUT2D eigenvalue weighted by Gasteiger charge is 2.31. The lowest BCUT2D eigenvalue weighted by Crippen LogP contribution is -2.24. The Labute approximate surface area is 142 Å². The first kappa shape index (κ1) is 15.6. The van der Waals surface area contributed by atoms with Crippen LogP contribution in [0.4, 0.5) is 20.4 Å². The zero-order valence-corrected chi connectivity index (χ0v) is 13.1. The second-order valence-corrected chi connectivity index (χ2v) is 5.83. The van der Waals surface area contributed by atoms with E-state index in [-0.39, 0.29) is 6.04 Å². The molecule has 2 aromatic heterocycles. The van der Waals surface area contributed by atoms with Crippen molar-refractivity contribution in [3.63, 3.8) is 0 Å². The minimum atomic E-state index is -0.890. The van der Waals surface area contributed by atoms with E-state index in [1.54, 1.807) is 12.1 Å². The van der Waals surface area contributed by atoms with E-state index >= 15 is 0 Å². The molecular weight excluding hydrogens is 328 g/mol. The van der Waals surface area contributed by atoms with Gasteiger partial charge in [-0.2, -0.15) is 0 Å². The molecule has 4 rings (SSSR count). The highest BCUT2D eigenvalue weighted by Crippen LogP contribution is 2.33. The van der Waals surface area contributed by atoms with E-state index in [9.17, 15) is 8.78 Å². The molecule has 0 bridgehead atoms. The Morgan fingerprint density at radius 1 is 1.12 bits per heavy atom. The average molecular weight is 343 g/mol. The molecule has 1 aliphatic heterocycles. The largest absolute Gasteiger partial charge is 0.384 e. The summed E-state index contributed by atoms with van der Waals surface area (Å²) >= 11 is 0. The van der Waals surface area contributed by atoms with Gasteiger partial charge >= 0.3 is 0 Å². The third-order valence-electron chi connectivity index (χ3n) is 4.20. The van der Waals surface area contributed by atoms with E-state index in [1.807, 2.05) is 0 Å². The fourth-order valence-electron chi connectivity index (χ4n) is 3.00. The van der Waals surface area contributed by atoms with E-state index in [1.165, 1.54) is 18.5 Å². The van der Waals surface area contributed by atoms with Gasteiger partial charge in [0.25, 0.3) is 0 Å². The van der Waals surface area contributed by atoms with Gasteiger partial charge in [-0.3, -0.25) is 0 Å². The molecule has 3 aromatic rings. The Balaban J connectivity index is 1.64. The third kappa shape index (κ3) is 2.96. The Hall–Kier alpha value is -2.87. The first-order chi connectivity index (χ1) is 12.1. The zero-order chi connectivity index (χ0) is 17.4. The van der Waals surface area contributed by atoms with E-state index in [0.717, 1.165) is 11.5 Å². The number of nitrogen functional groups attached to an aromatic ring is 1. The second-order valence-electron chi connectivity index (χ2n) is 5.83. The Morgan fingerprint density at radius 2 is 2.00 bits per heavy atom. The number of ether oxygens (including phenoxy) is 1. The quantitative estimate of drug-likeness (QED) is 0.760. The molecule has 0 spiro atoms. The molecule has 2 atom stereocenters. The first-order valence-electron chi connectivity index (χ1n) is 7.82. The number of anilines is 2. The van der Waals surface area contributed by atoms with Crippen molar-refractivity contribution in [1.82, 2.24) is 15.0 Å². The van der Waals surface area contributed by atoms with Crippen molar-refractivity contribution >= 4 is 22.7 Å². The van der Waals surface area contributed by atoms with Gasteiger partial charge in [-0.1, -0.05) is 6.07 Å². The standard InChI is InChI=1S/C17H15F2N5O/c18-11-3-1-9(7-12(11)19)15-13(5-6-25-15)23-16-10-2-4-14(20)24-17(10)22-8-21-16/h1-4,7-8,13,15H,5-6H2,(H3,20,21,22,23,24). The maximum atomic E-state index is 13.5. The molecular formula is C17H15F2N5O. The maximum absolute atomic E-state index is 13.5. The van der Waals surface area contributed by atoms with Crippen LogP contribution in [0.25, 0.3) is 11.0 Å². The van der Waals surface area contributed by atoms with Gasteiger partial charge in [0.2, 0.25) is 0 Å². The van der Waals surface area contributed by atoms with Gasteiger partial charge in [0.15, 0.2) is 17.3 Å². The minimum absolute atomic E-state index is 0.138. The van der Waals surface area contributed by atoms with Gasteiger partial charge < -0.3 is 15.8 Å². The lowest BCUT2D eigenvalue weighted by molar-refractivity contribution is 0.107. The Bertz CT molecular complexity index is 936. The second kappa shape index (κ2) is 6.21. The summed E-state index contributed by atoms with van der Waals surface area (Å²) in [4.78, 5) is 12.6. The number of rotatable bonds is 3. The topological polar surface area (TPSA) is 86.0 Å². The fourth-order valence-corrected chi connectivity index (χ4v) is 3.00. The number of nitrogens with one attached hydrogen (secondary N) is 1. The Kier molecular flexibility index (Phi) is 3.89. The highest BCUT2D eigenvalue weighted by atomic mass is 19.2. The fraction of sp³-hybridized carbons (Fsp3) is 0.235. The van der Waals surface area contributed by atoms with Crippen LogP contribution in [-0.4, -0.2) is 27.6 Å². The predicted octanol–water partition coefficient (Wildman–Crippen LogP) is 2.83. The van der Waals surface area contributed by atoms with E-state index in [0.29, 0.717) is 35.9 Å². The number of hydrogen-bond acceptors (Lipinski definition) is 6. The molecule has 0 amide bonds. The third-order valence-corrected chi connectivity index (χ3v) is 4.20. The summed E-state index contributed by atoms with van der Waals surface area (Å²) < 4.78 is 32.4. The molecule has 25 heavy (non-hydrogen) atoms. The maximum Gasteiger partial charge on any atom is 0.166 e. The summed E-state index contributed by atoms with van der Waals surface area (Å²) in [6.45, 7) is 0.509. The average Bonchev–Trinajstić information content (AvgIpc) is 3.05. The zero-order valence-electron chi connectivity index (χ0n) is 13.1. The molecule has 1 fully saturated rings. The van der Waals surface area contributed by atoms with Crippen LogP contribution in [0.1, 0.15) is 18.1 Å². The number of nitrogens with two attached hydrogens (primary N) is 1. The van der Waals surface area contributed by atoms with Gasteiger partial charge in [-0.15, -0.1) is 0 Å². The molecule has 3 N–H and O–H groups in total. The molecule has 128 valence electrons. The van der Waals surface area contributed by atoms with Crippen LogP contribution in [0.2, 0.25) is 0 Å². The van der Waals surface area contributed by atoms with Crippen molar-refractivity contribution in [3.8, 4) is 0 Å².